The second-order valence-electron chi connectivity index (χ2n) is 5.41. The Hall–Kier alpha value is -1.04. The molecule has 0 fully saturated rings. The highest BCUT2D eigenvalue weighted by atomic mass is 14.2. The maximum absolute atomic E-state index is 3.86. The molecule has 0 nitrogen and oxygen atoms in total. The van der Waals surface area contributed by atoms with Gasteiger partial charge in [0.2, 0.25) is 0 Å². The van der Waals surface area contributed by atoms with Crippen LogP contribution in [0.1, 0.15) is 50.3 Å². The first-order chi connectivity index (χ1) is 6.84. The fourth-order valence-corrected chi connectivity index (χ4v) is 1.64. The predicted molar refractivity (Wildman–Crippen MR) is 68.5 cm³/mol. The summed E-state index contributed by atoms with van der Waals surface area (Å²) >= 11 is 0. The molecule has 0 saturated carbocycles. The fraction of sp³-hybridized carbons (Fsp3) is 0.467. The van der Waals surface area contributed by atoms with Gasteiger partial charge in [-0.05, 0) is 29.4 Å². The zero-order valence-electron chi connectivity index (χ0n) is 10.6. The Bertz CT molecular complexity index is 353. The Kier molecular flexibility index (Phi) is 3.38. The molecule has 82 valence electrons. The van der Waals surface area contributed by atoms with Gasteiger partial charge in [-0.15, -0.1) is 6.58 Å². The van der Waals surface area contributed by atoms with Gasteiger partial charge >= 0.3 is 0 Å². The third-order valence-corrected chi connectivity index (χ3v) is 2.85. The SMILES string of the molecule is C=CC(C)c1cc(C)cc(C(C)(C)C)c1. The lowest BCUT2D eigenvalue weighted by Gasteiger charge is -2.21. The van der Waals surface area contributed by atoms with Crippen molar-refractivity contribution in [3.63, 3.8) is 0 Å². The first-order valence-corrected chi connectivity index (χ1v) is 5.59. The number of benzene rings is 1. The van der Waals surface area contributed by atoms with Gasteiger partial charge in [-0.25, -0.2) is 0 Å². The Balaban J connectivity index is 3.22. The van der Waals surface area contributed by atoms with Crippen LogP contribution in [0.25, 0.3) is 0 Å². The van der Waals surface area contributed by atoms with E-state index in [4.69, 9.17) is 0 Å². The van der Waals surface area contributed by atoms with E-state index in [0.717, 1.165) is 0 Å². The van der Waals surface area contributed by atoms with E-state index in [9.17, 15) is 0 Å². The second kappa shape index (κ2) is 4.22. The Morgan fingerprint density at radius 1 is 1.20 bits per heavy atom. The van der Waals surface area contributed by atoms with Gasteiger partial charge in [-0.1, -0.05) is 57.5 Å². The van der Waals surface area contributed by atoms with Crippen molar-refractivity contribution in [2.45, 2.75) is 46.0 Å². The van der Waals surface area contributed by atoms with Gasteiger partial charge in [0.25, 0.3) is 0 Å². The van der Waals surface area contributed by atoms with Crippen molar-refractivity contribution >= 4 is 0 Å². The normalized spacial score (nSPS) is 13.7. The largest absolute Gasteiger partial charge is 0.102 e. The van der Waals surface area contributed by atoms with Crippen LogP contribution < -0.4 is 0 Å². The van der Waals surface area contributed by atoms with Crippen LogP contribution in [0, 0.1) is 6.92 Å². The summed E-state index contributed by atoms with van der Waals surface area (Å²) in [5.74, 6) is 0.436. The van der Waals surface area contributed by atoms with Crippen molar-refractivity contribution in [2.75, 3.05) is 0 Å². The number of allylic oxidation sites excluding steroid dienone is 1. The lowest BCUT2D eigenvalue weighted by atomic mass is 9.83. The van der Waals surface area contributed by atoms with E-state index in [1.54, 1.807) is 0 Å². The van der Waals surface area contributed by atoms with Gasteiger partial charge in [0.05, 0.1) is 0 Å². The minimum atomic E-state index is 0.224. The van der Waals surface area contributed by atoms with Gasteiger partial charge < -0.3 is 0 Å². The molecule has 0 amide bonds. The summed E-state index contributed by atoms with van der Waals surface area (Å²) in [5, 5.41) is 0. The molecule has 0 aromatic heterocycles. The van der Waals surface area contributed by atoms with E-state index in [0.29, 0.717) is 5.92 Å². The van der Waals surface area contributed by atoms with Crippen molar-refractivity contribution < 1.29 is 0 Å². The molecule has 15 heavy (non-hydrogen) atoms. The summed E-state index contributed by atoms with van der Waals surface area (Å²) in [6.45, 7) is 15.0. The Morgan fingerprint density at radius 2 is 1.80 bits per heavy atom. The van der Waals surface area contributed by atoms with E-state index in [-0.39, 0.29) is 5.41 Å². The van der Waals surface area contributed by atoms with Crippen LogP contribution in [0.2, 0.25) is 0 Å². The van der Waals surface area contributed by atoms with Crippen LogP contribution in [-0.2, 0) is 5.41 Å². The van der Waals surface area contributed by atoms with E-state index in [1.807, 2.05) is 6.08 Å². The smallest absolute Gasteiger partial charge is 0.00129 e. The van der Waals surface area contributed by atoms with Crippen molar-refractivity contribution in [3.8, 4) is 0 Å². The topological polar surface area (TPSA) is 0 Å². The first kappa shape index (κ1) is 12.0. The third kappa shape index (κ3) is 2.95. The lowest BCUT2D eigenvalue weighted by Crippen LogP contribution is -2.12. The van der Waals surface area contributed by atoms with Crippen molar-refractivity contribution in [1.82, 2.24) is 0 Å². The van der Waals surface area contributed by atoms with Crippen molar-refractivity contribution in [3.05, 3.63) is 47.5 Å². The maximum atomic E-state index is 3.86. The molecule has 0 bridgehead atoms. The molecule has 0 heteroatoms. The number of rotatable bonds is 2. The quantitative estimate of drug-likeness (QED) is 0.616. The lowest BCUT2D eigenvalue weighted by molar-refractivity contribution is 0.588. The second-order valence-corrected chi connectivity index (χ2v) is 5.41. The van der Waals surface area contributed by atoms with Crippen molar-refractivity contribution in [1.29, 1.82) is 0 Å². The van der Waals surface area contributed by atoms with Gasteiger partial charge in [-0.3, -0.25) is 0 Å². The number of aryl methyl sites for hydroxylation is 1. The van der Waals surface area contributed by atoms with Gasteiger partial charge in [0.15, 0.2) is 0 Å². The minimum Gasteiger partial charge on any atom is -0.102 e. The van der Waals surface area contributed by atoms with E-state index < -0.39 is 0 Å². The molecule has 1 atom stereocenters. The molecule has 1 aromatic carbocycles. The maximum Gasteiger partial charge on any atom is -0.00129 e. The zero-order chi connectivity index (χ0) is 11.6. The molecule has 1 aromatic rings. The summed E-state index contributed by atoms with van der Waals surface area (Å²) in [5.41, 5.74) is 4.34. The Morgan fingerprint density at radius 3 is 2.27 bits per heavy atom. The highest BCUT2D eigenvalue weighted by Crippen LogP contribution is 2.27. The highest BCUT2D eigenvalue weighted by Gasteiger charge is 2.15. The minimum absolute atomic E-state index is 0.224. The molecule has 1 unspecified atom stereocenters. The van der Waals surface area contributed by atoms with Crippen LogP contribution in [0.5, 0.6) is 0 Å². The number of hydrogen-bond donors (Lipinski definition) is 0. The predicted octanol–water partition coefficient (Wildman–Crippen LogP) is 4.58. The fourth-order valence-electron chi connectivity index (χ4n) is 1.64. The average molecular weight is 202 g/mol. The molecule has 0 spiro atoms. The van der Waals surface area contributed by atoms with Crippen LogP contribution in [0.15, 0.2) is 30.9 Å². The van der Waals surface area contributed by atoms with Gasteiger partial charge in [0.1, 0.15) is 0 Å². The summed E-state index contributed by atoms with van der Waals surface area (Å²) < 4.78 is 0. The van der Waals surface area contributed by atoms with Crippen LogP contribution >= 0.6 is 0 Å². The van der Waals surface area contributed by atoms with Gasteiger partial charge in [-0.2, -0.15) is 0 Å². The van der Waals surface area contributed by atoms with E-state index >= 15 is 0 Å². The van der Waals surface area contributed by atoms with Crippen molar-refractivity contribution in [2.24, 2.45) is 0 Å². The summed E-state index contributed by atoms with van der Waals surface area (Å²) in [6.07, 6.45) is 2.00. The monoisotopic (exact) mass is 202 g/mol. The molecule has 0 N–H and O–H groups in total. The molecule has 1 rings (SSSR count). The average Bonchev–Trinajstić information content (AvgIpc) is 2.14. The zero-order valence-corrected chi connectivity index (χ0v) is 10.6. The molecular formula is C15H22. The van der Waals surface area contributed by atoms with Crippen LogP contribution in [0.4, 0.5) is 0 Å². The van der Waals surface area contributed by atoms with E-state index in [2.05, 4.69) is 59.4 Å². The van der Waals surface area contributed by atoms with Gasteiger partial charge in [0, 0.05) is 0 Å². The molecule has 0 radical (unpaired) electrons. The third-order valence-electron chi connectivity index (χ3n) is 2.85. The standard InChI is InChI=1S/C15H22/c1-7-12(3)13-8-11(2)9-14(10-13)15(4,5)6/h7-10,12H,1H2,2-6H3. The number of hydrogen-bond acceptors (Lipinski definition) is 0. The molecule has 0 aliphatic carbocycles. The molecule has 0 heterocycles. The van der Waals surface area contributed by atoms with Crippen LogP contribution in [-0.4, -0.2) is 0 Å². The molecule has 0 aliphatic heterocycles. The highest BCUT2D eigenvalue weighted by molar-refractivity contribution is 5.36. The van der Waals surface area contributed by atoms with Crippen LogP contribution in [0.3, 0.4) is 0 Å². The summed E-state index contributed by atoms with van der Waals surface area (Å²) in [6, 6.07) is 6.83. The summed E-state index contributed by atoms with van der Waals surface area (Å²) in [4.78, 5) is 0. The molecule has 0 aliphatic rings. The first-order valence-electron chi connectivity index (χ1n) is 5.59. The van der Waals surface area contributed by atoms with E-state index in [1.165, 1.54) is 16.7 Å². The molecular weight excluding hydrogens is 180 g/mol. The Labute approximate surface area is 94.0 Å². The summed E-state index contributed by atoms with van der Waals surface area (Å²) in [7, 11) is 0. The molecule has 0 saturated heterocycles.